The van der Waals surface area contributed by atoms with E-state index < -0.39 is 21.9 Å². The average Bonchev–Trinajstić information content (AvgIpc) is 3.29. The van der Waals surface area contributed by atoms with E-state index in [0.717, 1.165) is 22.2 Å². The Morgan fingerprint density at radius 2 is 1.87 bits per heavy atom. The van der Waals surface area contributed by atoms with E-state index in [1.54, 1.807) is 31.2 Å². The number of amides is 2. The number of hydrogen-bond acceptors (Lipinski definition) is 6. The number of imide groups is 1. The van der Waals surface area contributed by atoms with Crippen LogP contribution < -0.4 is 0 Å². The number of nitro groups is 1. The van der Waals surface area contributed by atoms with Gasteiger partial charge in [0, 0.05) is 12.1 Å². The highest BCUT2D eigenvalue weighted by molar-refractivity contribution is 8.18. The zero-order chi connectivity index (χ0) is 22.1. The van der Waals surface area contributed by atoms with Crippen LogP contribution in [0.1, 0.15) is 16.9 Å². The monoisotopic (exact) mass is 438 g/mol. The fourth-order valence-corrected chi connectivity index (χ4v) is 3.93. The van der Waals surface area contributed by atoms with Gasteiger partial charge in [-0.15, -0.1) is 0 Å². The Morgan fingerprint density at radius 3 is 2.58 bits per heavy atom. The lowest BCUT2D eigenvalue weighted by Gasteiger charge is -2.12. The number of nitro benzene ring substituents is 1. The normalized spacial score (nSPS) is 15.2. The van der Waals surface area contributed by atoms with Gasteiger partial charge in [-0.05, 0) is 60.1 Å². The molecule has 1 aliphatic rings. The van der Waals surface area contributed by atoms with Crippen LogP contribution in [0.2, 0.25) is 0 Å². The summed E-state index contributed by atoms with van der Waals surface area (Å²) in [6.45, 7) is 1.79. The second kappa shape index (κ2) is 8.19. The Bertz CT molecular complexity index is 1230. The van der Waals surface area contributed by atoms with Crippen LogP contribution >= 0.6 is 11.8 Å². The van der Waals surface area contributed by atoms with Crippen molar-refractivity contribution in [3.63, 3.8) is 0 Å². The van der Waals surface area contributed by atoms with E-state index in [0.29, 0.717) is 11.1 Å². The van der Waals surface area contributed by atoms with Crippen LogP contribution in [-0.2, 0) is 11.3 Å². The molecule has 0 atom stereocenters. The summed E-state index contributed by atoms with van der Waals surface area (Å²) in [4.78, 5) is 37.1. The molecule has 2 aromatic carbocycles. The van der Waals surface area contributed by atoms with Crippen LogP contribution in [-0.4, -0.2) is 21.0 Å². The summed E-state index contributed by atoms with van der Waals surface area (Å²) in [6, 6.07) is 13.5. The van der Waals surface area contributed by atoms with Gasteiger partial charge in [0.2, 0.25) is 0 Å². The number of hydrogen-bond donors (Lipinski definition) is 0. The van der Waals surface area contributed by atoms with E-state index in [-0.39, 0.29) is 28.7 Å². The van der Waals surface area contributed by atoms with Crippen LogP contribution in [0.5, 0.6) is 0 Å². The summed E-state index contributed by atoms with van der Waals surface area (Å²) in [5.41, 5.74) is 1.61. The molecule has 0 bridgehead atoms. The van der Waals surface area contributed by atoms with Gasteiger partial charge < -0.3 is 4.42 Å². The molecule has 0 saturated carbocycles. The lowest BCUT2D eigenvalue weighted by molar-refractivity contribution is -0.384. The number of rotatable bonds is 5. The third-order valence-electron chi connectivity index (χ3n) is 4.64. The topological polar surface area (TPSA) is 93.7 Å². The van der Waals surface area contributed by atoms with Crippen molar-refractivity contribution in [2.45, 2.75) is 13.5 Å². The van der Waals surface area contributed by atoms with Crippen molar-refractivity contribution in [3.8, 4) is 11.3 Å². The average molecular weight is 438 g/mol. The highest BCUT2D eigenvalue weighted by Gasteiger charge is 2.35. The van der Waals surface area contributed by atoms with Crippen molar-refractivity contribution in [1.82, 2.24) is 4.90 Å². The minimum atomic E-state index is -0.487. The van der Waals surface area contributed by atoms with Crippen molar-refractivity contribution >= 4 is 34.7 Å². The summed E-state index contributed by atoms with van der Waals surface area (Å²) < 4.78 is 18.8. The van der Waals surface area contributed by atoms with Crippen molar-refractivity contribution in [2.75, 3.05) is 0 Å². The van der Waals surface area contributed by atoms with Gasteiger partial charge in [-0.25, -0.2) is 4.39 Å². The number of thioether (sulfide) groups is 1. The number of halogens is 1. The van der Waals surface area contributed by atoms with Gasteiger partial charge >= 0.3 is 0 Å². The zero-order valence-corrected chi connectivity index (χ0v) is 17.0. The van der Waals surface area contributed by atoms with E-state index in [1.807, 2.05) is 0 Å². The third kappa shape index (κ3) is 4.26. The molecule has 2 amide bonds. The Labute approximate surface area is 180 Å². The molecule has 2 heterocycles. The quantitative estimate of drug-likeness (QED) is 0.295. The van der Waals surface area contributed by atoms with Crippen molar-refractivity contribution < 1.29 is 23.3 Å². The van der Waals surface area contributed by atoms with Crippen molar-refractivity contribution in [2.24, 2.45) is 0 Å². The predicted molar refractivity (Wildman–Crippen MR) is 113 cm³/mol. The Hall–Kier alpha value is -3.72. The largest absolute Gasteiger partial charge is 0.456 e. The second-order valence-corrected chi connectivity index (χ2v) is 7.87. The van der Waals surface area contributed by atoms with Gasteiger partial charge in [0.05, 0.1) is 21.9 Å². The molecule has 0 unspecified atom stereocenters. The Morgan fingerprint density at radius 1 is 1.13 bits per heavy atom. The van der Waals surface area contributed by atoms with E-state index in [1.165, 1.54) is 36.4 Å². The highest BCUT2D eigenvalue weighted by atomic mass is 32.2. The minimum absolute atomic E-state index is 0.0290. The standard InChI is InChI=1S/C22H15FN2O5S/c1-13-2-8-17(18(10-13)25(28)29)19-9-7-16(30-19)11-20-21(26)24(22(27)31-20)12-14-3-5-15(23)6-4-14/h2-11H,12H2,1H3/b20-11+. The molecule has 0 radical (unpaired) electrons. The third-order valence-corrected chi connectivity index (χ3v) is 5.55. The molecule has 1 fully saturated rings. The highest BCUT2D eigenvalue weighted by Crippen LogP contribution is 2.36. The predicted octanol–water partition coefficient (Wildman–Crippen LogP) is 5.54. The number of carbonyl (C=O) groups excluding carboxylic acids is 2. The molecule has 1 aromatic heterocycles. The first-order valence-electron chi connectivity index (χ1n) is 9.17. The molecule has 156 valence electrons. The molecule has 7 nitrogen and oxygen atoms in total. The number of aryl methyl sites for hydroxylation is 1. The summed E-state index contributed by atoms with van der Waals surface area (Å²) in [7, 11) is 0. The van der Waals surface area contributed by atoms with E-state index in [2.05, 4.69) is 0 Å². The Balaban J connectivity index is 1.57. The molecule has 1 saturated heterocycles. The minimum Gasteiger partial charge on any atom is -0.456 e. The van der Waals surface area contributed by atoms with Gasteiger partial charge in [0.15, 0.2) is 0 Å². The van der Waals surface area contributed by atoms with Gasteiger partial charge in [0.25, 0.3) is 16.8 Å². The van der Waals surface area contributed by atoms with Crippen LogP contribution in [0.3, 0.4) is 0 Å². The van der Waals surface area contributed by atoms with Crippen LogP contribution in [0, 0.1) is 22.9 Å². The Kier molecular flexibility index (Phi) is 5.43. The maximum absolute atomic E-state index is 13.1. The smallest absolute Gasteiger partial charge is 0.293 e. The SMILES string of the molecule is Cc1ccc(-c2ccc(/C=C3/SC(=O)N(Cc4ccc(F)cc4)C3=O)o2)c([N+](=O)[O-])c1. The van der Waals surface area contributed by atoms with Crippen LogP contribution in [0.4, 0.5) is 14.9 Å². The first-order valence-corrected chi connectivity index (χ1v) is 9.98. The van der Waals surface area contributed by atoms with Crippen LogP contribution in [0.25, 0.3) is 17.4 Å². The summed E-state index contributed by atoms with van der Waals surface area (Å²) in [5.74, 6) is -0.320. The van der Waals surface area contributed by atoms with Crippen molar-refractivity contribution in [1.29, 1.82) is 0 Å². The molecule has 3 aromatic rings. The summed E-state index contributed by atoms with van der Waals surface area (Å²) >= 11 is 0.770. The first kappa shape index (κ1) is 20.5. The molecule has 4 rings (SSSR count). The van der Waals surface area contributed by atoms with E-state index >= 15 is 0 Å². The molecular weight excluding hydrogens is 423 g/mol. The van der Waals surface area contributed by atoms with E-state index in [4.69, 9.17) is 4.42 Å². The maximum Gasteiger partial charge on any atom is 0.293 e. The number of benzene rings is 2. The lowest BCUT2D eigenvalue weighted by Crippen LogP contribution is -2.27. The van der Waals surface area contributed by atoms with E-state index in [9.17, 15) is 24.1 Å². The van der Waals surface area contributed by atoms with Crippen molar-refractivity contribution in [3.05, 3.63) is 92.3 Å². The molecule has 0 N–H and O–H groups in total. The van der Waals surface area contributed by atoms with Crippen LogP contribution in [0.15, 0.2) is 63.9 Å². The molecule has 0 spiro atoms. The molecule has 1 aliphatic heterocycles. The molecular formula is C22H15FN2O5S. The fourth-order valence-electron chi connectivity index (χ4n) is 3.11. The van der Waals surface area contributed by atoms with Gasteiger partial charge in [-0.3, -0.25) is 24.6 Å². The number of furan rings is 1. The second-order valence-electron chi connectivity index (χ2n) is 6.87. The fraction of sp³-hybridized carbons (Fsp3) is 0.0909. The zero-order valence-electron chi connectivity index (χ0n) is 16.2. The molecule has 0 aliphatic carbocycles. The summed E-state index contributed by atoms with van der Waals surface area (Å²) in [5, 5.41) is 10.9. The molecule has 31 heavy (non-hydrogen) atoms. The van der Waals surface area contributed by atoms with Gasteiger partial charge in [0.1, 0.15) is 17.3 Å². The maximum atomic E-state index is 13.1. The summed E-state index contributed by atoms with van der Waals surface area (Å²) in [6.07, 6.45) is 1.43. The first-order chi connectivity index (χ1) is 14.8. The van der Waals surface area contributed by atoms with Gasteiger partial charge in [-0.1, -0.05) is 18.2 Å². The number of nitrogens with zero attached hydrogens (tertiary/aromatic N) is 2. The van der Waals surface area contributed by atoms with Gasteiger partial charge in [-0.2, -0.15) is 0 Å². The molecule has 9 heteroatoms. The number of carbonyl (C=O) groups is 2. The lowest BCUT2D eigenvalue weighted by atomic mass is 10.1.